The molecule has 0 aliphatic heterocycles. The van der Waals surface area contributed by atoms with Crippen molar-refractivity contribution < 1.29 is 0 Å². The van der Waals surface area contributed by atoms with E-state index in [0.717, 1.165) is 18.9 Å². The summed E-state index contributed by atoms with van der Waals surface area (Å²) in [5.74, 6) is 0.761. The minimum atomic E-state index is 0.441. The first-order valence-corrected chi connectivity index (χ1v) is 8.51. The van der Waals surface area contributed by atoms with Crippen LogP contribution in [-0.2, 0) is 6.42 Å². The lowest BCUT2D eigenvalue weighted by Gasteiger charge is -2.22. The summed E-state index contributed by atoms with van der Waals surface area (Å²) in [4.78, 5) is 0. The lowest BCUT2D eigenvalue weighted by atomic mass is 9.93. The Kier molecular flexibility index (Phi) is 4.54. The van der Waals surface area contributed by atoms with Crippen LogP contribution in [0.4, 0.5) is 0 Å². The number of benzene rings is 1. The molecule has 1 N–H and O–H groups in total. The van der Waals surface area contributed by atoms with Crippen molar-refractivity contribution in [2.75, 3.05) is 6.54 Å². The largest absolute Gasteiger partial charge is 0.313 e. The predicted octanol–water partition coefficient (Wildman–Crippen LogP) is 4.90. The first-order valence-electron chi connectivity index (χ1n) is 8.51. The second kappa shape index (κ2) is 5.76. The van der Waals surface area contributed by atoms with Crippen LogP contribution < -0.4 is 5.32 Å². The van der Waals surface area contributed by atoms with Gasteiger partial charge in [-0.25, -0.2) is 0 Å². The van der Waals surface area contributed by atoms with E-state index in [4.69, 9.17) is 0 Å². The minimum absolute atomic E-state index is 0.441. The lowest BCUT2D eigenvalue weighted by Crippen LogP contribution is -2.36. The van der Waals surface area contributed by atoms with Crippen molar-refractivity contribution in [2.45, 2.75) is 67.3 Å². The number of rotatable bonds is 6. The third-order valence-corrected chi connectivity index (χ3v) is 6.14. The first-order chi connectivity index (χ1) is 9.71. The highest BCUT2D eigenvalue weighted by Gasteiger charge is 2.66. The zero-order valence-electron chi connectivity index (χ0n) is 15.0. The van der Waals surface area contributed by atoms with Gasteiger partial charge in [0, 0.05) is 6.04 Å². The third kappa shape index (κ3) is 3.04. The maximum atomic E-state index is 3.84. The summed E-state index contributed by atoms with van der Waals surface area (Å²) >= 11 is 0. The molecule has 1 unspecified atom stereocenters. The Balaban J connectivity index is 2.20. The van der Waals surface area contributed by atoms with E-state index < -0.39 is 0 Å². The monoisotopic (exact) mass is 287 g/mol. The summed E-state index contributed by atoms with van der Waals surface area (Å²) in [5.41, 5.74) is 5.20. The van der Waals surface area contributed by atoms with Crippen LogP contribution in [-0.4, -0.2) is 12.6 Å². The smallest absolute Gasteiger partial charge is 0.0146 e. The van der Waals surface area contributed by atoms with Crippen LogP contribution in [0, 0.1) is 30.6 Å². The van der Waals surface area contributed by atoms with Gasteiger partial charge in [0.05, 0.1) is 0 Å². The molecule has 1 fully saturated rings. The normalized spacial score (nSPS) is 21.3. The van der Waals surface area contributed by atoms with Crippen LogP contribution in [0.3, 0.4) is 0 Å². The van der Waals surface area contributed by atoms with Crippen LogP contribution in [0.1, 0.15) is 57.7 Å². The van der Waals surface area contributed by atoms with Crippen molar-refractivity contribution in [1.29, 1.82) is 0 Å². The Bertz CT molecular complexity index is 485. The molecule has 1 atom stereocenters. The third-order valence-electron chi connectivity index (χ3n) is 6.14. The van der Waals surface area contributed by atoms with Gasteiger partial charge in [0.1, 0.15) is 0 Å². The van der Waals surface area contributed by atoms with Gasteiger partial charge < -0.3 is 5.32 Å². The number of hydrogen-bond donors (Lipinski definition) is 1. The zero-order valence-corrected chi connectivity index (χ0v) is 15.0. The molecule has 1 heteroatoms. The van der Waals surface area contributed by atoms with E-state index in [0.29, 0.717) is 16.9 Å². The van der Waals surface area contributed by atoms with Gasteiger partial charge >= 0.3 is 0 Å². The Labute approximate surface area is 131 Å². The van der Waals surface area contributed by atoms with Crippen molar-refractivity contribution in [2.24, 2.45) is 16.7 Å². The van der Waals surface area contributed by atoms with Crippen molar-refractivity contribution in [3.8, 4) is 0 Å². The molecule has 118 valence electrons. The van der Waals surface area contributed by atoms with Crippen LogP contribution in [0.2, 0.25) is 0 Å². The highest BCUT2D eigenvalue weighted by Crippen LogP contribution is 2.69. The topological polar surface area (TPSA) is 12.0 Å². The van der Waals surface area contributed by atoms with Crippen molar-refractivity contribution >= 4 is 0 Å². The molecule has 0 aromatic heterocycles. The summed E-state index contributed by atoms with van der Waals surface area (Å²) in [6.07, 6.45) is 2.36. The van der Waals surface area contributed by atoms with E-state index in [1.165, 1.54) is 23.1 Å². The van der Waals surface area contributed by atoms with Gasteiger partial charge in [-0.15, -0.1) is 0 Å². The fourth-order valence-electron chi connectivity index (χ4n) is 4.15. The van der Waals surface area contributed by atoms with E-state index in [-0.39, 0.29) is 0 Å². The molecule has 2 rings (SSSR count). The fourth-order valence-corrected chi connectivity index (χ4v) is 4.15. The van der Waals surface area contributed by atoms with Gasteiger partial charge in [0.25, 0.3) is 0 Å². The van der Waals surface area contributed by atoms with Crippen molar-refractivity contribution in [3.05, 3.63) is 34.9 Å². The van der Waals surface area contributed by atoms with E-state index in [9.17, 15) is 0 Å². The highest BCUT2D eigenvalue weighted by molar-refractivity contribution is 5.32. The standard InChI is InChI=1S/C20H33N/c1-8-11-21-17(18-19(4,5)20(18,6)7)13-16-12-14(2)9-10-15(16)3/h9-10,12,17-18,21H,8,11,13H2,1-7H3. The number of hydrogen-bond acceptors (Lipinski definition) is 1. The second-order valence-electron chi connectivity index (χ2n) is 8.12. The van der Waals surface area contributed by atoms with E-state index in [1.54, 1.807) is 0 Å². The summed E-state index contributed by atoms with van der Waals surface area (Å²) in [6.45, 7) is 17.5. The van der Waals surface area contributed by atoms with Crippen LogP contribution >= 0.6 is 0 Å². The van der Waals surface area contributed by atoms with Gasteiger partial charge in [-0.2, -0.15) is 0 Å². The van der Waals surface area contributed by atoms with Gasteiger partial charge in [0.2, 0.25) is 0 Å². The average molecular weight is 287 g/mol. The molecule has 1 aliphatic carbocycles. The maximum Gasteiger partial charge on any atom is 0.0146 e. The molecule has 1 nitrogen and oxygen atoms in total. The molecule has 0 heterocycles. The molecule has 0 saturated heterocycles. The Morgan fingerprint density at radius 1 is 1.10 bits per heavy atom. The van der Waals surface area contributed by atoms with Gasteiger partial charge in [0.15, 0.2) is 0 Å². The molecular formula is C20H33N. The number of aryl methyl sites for hydroxylation is 2. The molecule has 1 saturated carbocycles. The zero-order chi connectivity index (χ0) is 15.8. The maximum absolute atomic E-state index is 3.84. The Morgan fingerprint density at radius 3 is 2.24 bits per heavy atom. The van der Waals surface area contributed by atoms with Gasteiger partial charge in [-0.3, -0.25) is 0 Å². The number of nitrogens with one attached hydrogen (secondary N) is 1. The molecule has 0 radical (unpaired) electrons. The molecule has 0 spiro atoms. The summed E-state index contributed by atoms with van der Waals surface area (Å²) in [6, 6.07) is 7.46. The predicted molar refractivity (Wildman–Crippen MR) is 92.8 cm³/mol. The van der Waals surface area contributed by atoms with Gasteiger partial charge in [-0.05, 0) is 61.1 Å². The molecule has 1 aromatic rings. The molecule has 0 amide bonds. The summed E-state index contributed by atoms with van der Waals surface area (Å²) in [5, 5.41) is 3.84. The van der Waals surface area contributed by atoms with Crippen molar-refractivity contribution in [3.63, 3.8) is 0 Å². The molecule has 0 bridgehead atoms. The van der Waals surface area contributed by atoms with Crippen molar-refractivity contribution in [1.82, 2.24) is 5.32 Å². The SMILES string of the molecule is CCCNC(Cc1cc(C)ccc1C)C1C(C)(C)C1(C)C. The molecule has 21 heavy (non-hydrogen) atoms. The minimum Gasteiger partial charge on any atom is -0.313 e. The molecular weight excluding hydrogens is 254 g/mol. The van der Waals surface area contributed by atoms with E-state index in [2.05, 4.69) is 72.0 Å². The summed E-state index contributed by atoms with van der Waals surface area (Å²) < 4.78 is 0. The lowest BCUT2D eigenvalue weighted by molar-refractivity contribution is 0.395. The molecule has 1 aliphatic rings. The first kappa shape index (κ1) is 16.5. The highest BCUT2D eigenvalue weighted by atomic mass is 15.0. The van der Waals surface area contributed by atoms with Crippen LogP contribution in [0.25, 0.3) is 0 Å². The fraction of sp³-hybridized carbons (Fsp3) is 0.700. The average Bonchev–Trinajstić information content (AvgIpc) is 2.80. The second-order valence-corrected chi connectivity index (χ2v) is 8.12. The quantitative estimate of drug-likeness (QED) is 0.785. The van der Waals surface area contributed by atoms with E-state index >= 15 is 0 Å². The van der Waals surface area contributed by atoms with Gasteiger partial charge in [-0.1, -0.05) is 58.4 Å². The Morgan fingerprint density at radius 2 is 1.71 bits per heavy atom. The summed E-state index contributed by atoms with van der Waals surface area (Å²) in [7, 11) is 0. The van der Waals surface area contributed by atoms with Crippen LogP contribution in [0.15, 0.2) is 18.2 Å². The Hall–Kier alpha value is -0.820. The van der Waals surface area contributed by atoms with E-state index in [1.807, 2.05) is 0 Å². The van der Waals surface area contributed by atoms with Crippen LogP contribution in [0.5, 0.6) is 0 Å². The molecule has 1 aromatic carbocycles.